The van der Waals surface area contributed by atoms with Gasteiger partial charge in [0.1, 0.15) is 17.8 Å². The number of ether oxygens (including phenoxy) is 1. The summed E-state index contributed by atoms with van der Waals surface area (Å²) in [6, 6.07) is 16.9. The van der Waals surface area contributed by atoms with E-state index in [2.05, 4.69) is 41.4 Å². The first kappa shape index (κ1) is 27.7. The smallest absolute Gasteiger partial charge is 0.243 e. The molecular weight excluding hydrogens is 554 g/mol. The number of nitrogens with one attached hydrogen (secondary N) is 3. The van der Waals surface area contributed by atoms with Crippen molar-refractivity contribution in [2.24, 2.45) is 0 Å². The Morgan fingerprint density at radius 3 is 2.55 bits per heavy atom. The topological polar surface area (TPSA) is 133 Å². The zero-order valence-electron chi connectivity index (χ0n) is 23.1. The Bertz CT molecular complexity index is 1680. The van der Waals surface area contributed by atoms with Crippen molar-refractivity contribution >= 4 is 44.2 Å². The first-order valence-corrected chi connectivity index (χ1v) is 15.6. The lowest BCUT2D eigenvalue weighted by Crippen LogP contribution is -2.36. The Kier molecular flexibility index (Phi) is 7.81. The predicted octanol–water partition coefficient (Wildman–Crippen LogP) is 3.28. The molecular formula is C30H33N7O4S. The van der Waals surface area contributed by atoms with E-state index in [1.54, 1.807) is 18.5 Å². The molecule has 0 aliphatic carbocycles. The molecule has 218 valence electrons. The third-order valence-electron chi connectivity index (χ3n) is 7.56. The molecule has 2 aromatic carbocycles. The number of amides is 1. The molecule has 0 spiro atoms. The monoisotopic (exact) mass is 587 g/mol. The molecule has 2 aliphatic rings. The van der Waals surface area contributed by atoms with Gasteiger partial charge in [0.05, 0.1) is 24.4 Å². The minimum atomic E-state index is -3.62. The normalized spacial score (nSPS) is 17.4. The number of carbonyl (C=O) groups is 1. The Morgan fingerprint density at radius 2 is 1.81 bits per heavy atom. The summed E-state index contributed by atoms with van der Waals surface area (Å²) in [5.74, 6) is 0.568. The van der Waals surface area contributed by atoms with Crippen molar-refractivity contribution in [1.29, 1.82) is 0 Å². The molecule has 2 saturated heterocycles. The average molecular weight is 588 g/mol. The largest absolute Gasteiger partial charge is 0.378 e. The number of H-pyrrole nitrogens is 1. The Balaban J connectivity index is 1.08. The highest BCUT2D eigenvalue weighted by Gasteiger charge is 2.24. The number of fused-ring (bicyclic) bond motifs is 1. The fourth-order valence-corrected chi connectivity index (χ4v) is 6.64. The van der Waals surface area contributed by atoms with Gasteiger partial charge in [-0.2, -0.15) is 0 Å². The van der Waals surface area contributed by atoms with Crippen molar-refractivity contribution in [3.63, 3.8) is 0 Å². The standard InChI is InChI=1S/C30H33N7O4S/c1-2-28(38)33-24-11-12-37(18-24)25-9-3-21(4-10-25)19-42(39,40)35-23-7-5-22(6-8-23)27-17-26-29(34-27)31-20-32-30(26)36-13-15-41-16-14-36/h2-10,17,20,24,35H,1,11-16,18-19H2,(H,33,38)(H,31,32,34)/t24-/m1/s1. The highest BCUT2D eigenvalue weighted by molar-refractivity contribution is 7.91. The Labute approximate surface area is 244 Å². The van der Waals surface area contributed by atoms with Gasteiger partial charge in [-0.3, -0.25) is 9.52 Å². The number of nitrogens with zero attached hydrogens (tertiary/aromatic N) is 4. The highest BCUT2D eigenvalue weighted by atomic mass is 32.2. The van der Waals surface area contributed by atoms with Crippen molar-refractivity contribution < 1.29 is 17.9 Å². The van der Waals surface area contributed by atoms with E-state index in [4.69, 9.17) is 4.74 Å². The molecule has 0 radical (unpaired) electrons. The van der Waals surface area contributed by atoms with Gasteiger partial charge in [-0.25, -0.2) is 18.4 Å². The van der Waals surface area contributed by atoms with Crippen LogP contribution in [0.4, 0.5) is 17.2 Å². The average Bonchev–Trinajstić information content (AvgIpc) is 3.65. The maximum Gasteiger partial charge on any atom is 0.243 e. The molecule has 4 aromatic rings. The van der Waals surface area contributed by atoms with Crippen LogP contribution in [0.15, 0.2) is 73.6 Å². The van der Waals surface area contributed by atoms with E-state index in [9.17, 15) is 13.2 Å². The molecule has 11 nitrogen and oxygen atoms in total. The van der Waals surface area contributed by atoms with Crippen molar-refractivity contribution in [2.75, 3.05) is 53.9 Å². The molecule has 12 heteroatoms. The molecule has 2 aromatic heterocycles. The van der Waals surface area contributed by atoms with Crippen LogP contribution >= 0.6 is 0 Å². The van der Waals surface area contributed by atoms with Crippen LogP contribution in [0, 0.1) is 0 Å². The van der Waals surface area contributed by atoms with E-state index >= 15 is 0 Å². The summed E-state index contributed by atoms with van der Waals surface area (Å²) in [6.45, 7) is 7.92. The van der Waals surface area contributed by atoms with E-state index in [0.717, 1.165) is 59.9 Å². The summed E-state index contributed by atoms with van der Waals surface area (Å²) < 4.78 is 34.0. The molecule has 0 saturated carbocycles. The maximum atomic E-state index is 12.9. The van der Waals surface area contributed by atoms with Gasteiger partial charge in [0, 0.05) is 49.3 Å². The van der Waals surface area contributed by atoms with Gasteiger partial charge in [0.15, 0.2) is 0 Å². The molecule has 0 unspecified atom stereocenters. The quantitative estimate of drug-likeness (QED) is 0.254. The molecule has 6 rings (SSSR count). The molecule has 4 heterocycles. The summed E-state index contributed by atoms with van der Waals surface area (Å²) in [5.41, 5.74) is 4.71. The number of aromatic amines is 1. The van der Waals surface area contributed by atoms with Gasteiger partial charge >= 0.3 is 0 Å². The number of carbonyl (C=O) groups excluding carboxylic acids is 1. The van der Waals surface area contributed by atoms with Gasteiger partial charge in [-0.1, -0.05) is 30.8 Å². The van der Waals surface area contributed by atoms with Crippen LogP contribution in [0.3, 0.4) is 0 Å². The Morgan fingerprint density at radius 1 is 1.05 bits per heavy atom. The van der Waals surface area contributed by atoms with E-state index in [0.29, 0.717) is 31.0 Å². The van der Waals surface area contributed by atoms with Crippen LogP contribution in [0.5, 0.6) is 0 Å². The van der Waals surface area contributed by atoms with Crippen LogP contribution in [0.2, 0.25) is 0 Å². The molecule has 0 bridgehead atoms. The van der Waals surface area contributed by atoms with Crippen molar-refractivity contribution in [1.82, 2.24) is 20.3 Å². The van der Waals surface area contributed by atoms with Crippen molar-refractivity contribution in [3.8, 4) is 11.3 Å². The second-order valence-corrected chi connectivity index (χ2v) is 12.2. The van der Waals surface area contributed by atoms with E-state index in [1.165, 1.54) is 6.08 Å². The first-order valence-electron chi connectivity index (χ1n) is 13.9. The summed E-state index contributed by atoms with van der Waals surface area (Å²) in [7, 11) is -3.62. The Hall–Kier alpha value is -4.42. The van der Waals surface area contributed by atoms with Crippen LogP contribution in [0.1, 0.15) is 12.0 Å². The molecule has 1 atom stereocenters. The minimum Gasteiger partial charge on any atom is -0.378 e. The number of morpholine rings is 1. The van der Waals surface area contributed by atoms with Crippen molar-refractivity contribution in [2.45, 2.75) is 18.2 Å². The van der Waals surface area contributed by atoms with Gasteiger partial charge < -0.3 is 24.8 Å². The SMILES string of the molecule is C=CC(=O)N[C@@H]1CCN(c2ccc(CS(=O)(=O)Nc3ccc(-c4cc5c(N6CCOCC6)ncnc5[nH]4)cc3)cc2)C1. The van der Waals surface area contributed by atoms with E-state index < -0.39 is 10.0 Å². The van der Waals surface area contributed by atoms with E-state index in [-0.39, 0.29) is 17.7 Å². The zero-order valence-corrected chi connectivity index (χ0v) is 23.9. The lowest BCUT2D eigenvalue weighted by atomic mass is 10.1. The number of rotatable bonds is 9. The molecule has 42 heavy (non-hydrogen) atoms. The predicted molar refractivity (Wildman–Crippen MR) is 164 cm³/mol. The van der Waals surface area contributed by atoms with Crippen molar-refractivity contribution in [3.05, 3.63) is 79.1 Å². The van der Waals surface area contributed by atoms with Crippen LogP contribution < -0.4 is 19.8 Å². The second kappa shape index (κ2) is 11.8. The minimum absolute atomic E-state index is 0.0726. The number of sulfonamides is 1. The van der Waals surface area contributed by atoms with Crippen LogP contribution in [-0.2, 0) is 25.3 Å². The van der Waals surface area contributed by atoms with Gasteiger partial charge in [-0.05, 0) is 54.0 Å². The lowest BCUT2D eigenvalue weighted by Gasteiger charge is -2.27. The number of hydrogen-bond donors (Lipinski definition) is 3. The third-order valence-corrected chi connectivity index (χ3v) is 8.82. The first-order chi connectivity index (χ1) is 20.4. The molecule has 1 amide bonds. The number of anilines is 3. The summed E-state index contributed by atoms with van der Waals surface area (Å²) in [6.07, 6.45) is 3.69. The third kappa shape index (κ3) is 6.24. The maximum absolute atomic E-state index is 12.9. The molecule has 2 aliphatic heterocycles. The van der Waals surface area contributed by atoms with E-state index in [1.807, 2.05) is 42.5 Å². The molecule has 3 N–H and O–H groups in total. The highest BCUT2D eigenvalue weighted by Crippen LogP contribution is 2.30. The van der Waals surface area contributed by atoms with Gasteiger partial charge in [0.25, 0.3) is 0 Å². The summed E-state index contributed by atoms with van der Waals surface area (Å²) in [5, 5.41) is 3.87. The van der Waals surface area contributed by atoms with Gasteiger partial charge in [-0.15, -0.1) is 0 Å². The molecule has 2 fully saturated rings. The zero-order chi connectivity index (χ0) is 29.1. The summed E-state index contributed by atoms with van der Waals surface area (Å²) >= 11 is 0. The number of aromatic nitrogens is 3. The number of benzene rings is 2. The lowest BCUT2D eigenvalue weighted by molar-refractivity contribution is -0.117. The van der Waals surface area contributed by atoms with Crippen LogP contribution in [0.25, 0.3) is 22.3 Å². The number of hydrogen-bond acceptors (Lipinski definition) is 8. The van der Waals surface area contributed by atoms with Crippen LogP contribution in [-0.4, -0.2) is 74.7 Å². The summed E-state index contributed by atoms with van der Waals surface area (Å²) in [4.78, 5) is 28.2. The fraction of sp³-hybridized carbons (Fsp3) is 0.300. The van der Waals surface area contributed by atoms with Gasteiger partial charge in [0.2, 0.25) is 15.9 Å². The second-order valence-electron chi connectivity index (χ2n) is 10.5. The fourth-order valence-electron chi connectivity index (χ4n) is 5.44.